The third kappa shape index (κ3) is 3.74. The molecule has 0 radical (unpaired) electrons. The highest BCUT2D eigenvalue weighted by molar-refractivity contribution is 6.30. The number of carbonyl (C=O) groups excluding carboxylic acids is 1. The Labute approximate surface area is 141 Å². The Morgan fingerprint density at radius 1 is 1.22 bits per heavy atom. The van der Waals surface area contributed by atoms with E-state index >= 15 is 0 Å². The molecule has 1 aliphatic heterocycles. The minimum absolute atomic E-state index is 0.0757. The van der Waals surface area contributed by atoms with Crippen molar-refractivity contribution in [1.29, 1.82) is 0 Å². The fraction of sp³-hybridized carbons (Fsp3) is 0.412. The third-order valence-corrected chi connectivity index (χ3v) is 4.42. The lowest BCUT2D eigenvalue weighted by Gasteiger charge is -2.34. The molecule has 1 aromatic heterocycles. The van der Waals surface area contributed by atoms with Gasteiger partial charge >= 0.3 is 0 Å². The van der Waals surface area contributed by atoms with Crippen LogP contribution in [0.5, 0.6) is 0 Å². The molecule has 6 heteroatoms. The summed E-state index contributed by atoms with van der Waals surface area (Å²) in [4.78, 5) is 16.8. The van der Waals surface area contributed by atoms with Crippen LogP contribution < -0.4 is 0 Å². The van der Waals surface area contributed by atoms with Crippen molar-refractivity contribution < 1.29 is 4.79 Å². The molecule has 0 atom stereocenters. The Morgan fingerprint density at radius 3 is 2.70 bits per heavy atom. The second kappa shape index (κ2) is 7.15. The van der Waals surface area contributed by atoms with Crippen LogP contribution >= 0.6 is 11.6 Å². The van der Waals surface area contributed by atoms with Gasteiger partial charge in [0.15, 0.2) is 0 Å². The minimum Gasteiger partial charge on any atom is -0.335 e. The monoisotopic (exact) mass is 332 g/mol. The molecule has 2 aromatic rings. The van der Waals surface area contributed by atoms with Crippen LogP contribution in [0.4, 0.5) is 0 Å². The lowest BCUT2D eigenvalue weighted by Crippen LogP contribution is -2.48. The van der Waals surface area contributed by atoms with E-state index in [1.54, 1.807) is 16.9 Å². The molecule has 0 aliphatic carbocycles. The van der Waals surface area contributed by atoms with Gasteiger partial charge in [-0.05, 0) is 30.7 Å². The van der Waals surface area contributed by atoms with Crippen LogP contribution in [0.25, 0.3) is 0 Å². The number of piperazine rings is 1. The summed E-state index contributed by atoms with van der Waals surface area (Å²) < 4.78 is 1.75. The largest absolute Gasteiger partial charge is 0.335 e. The van der Waals surface area contributed by atoms with Crippen molar-refractivity contribution >= 4 is 17.5 Å². The molecule has 0 bridgehead atoms. The number of hydrogen-bond acceptors (Lipinski definition) is 3. The highest BCUT2D eigenvalue weighted by Gasteiger charge is 2.24. The van der Waals surface area contributed by atoms with Crippen LogP contribution in [-0.4, -0.2) is 51.7 Å². The molecule has 1 fully saturated rings. The lowest BCUT2D eigenvalue weighted by molar-refractivity contribution is 0.0616. The second-order valence-corrected chi connectivity index (χ2v) is 6.17. The molecule has 0 unspecified atom stereocenters. The van der Waals surface area contributed by atoms with Gasteiger partial charge in [0.05, 0.1) is 0 Å². The number of hydrogen-bond donors (Lipinski definition) is 0. The van der Waals surface area contributed by atoms with Crippen molar-refractivity contribution in [3.05, 3.63) is 52.8 Å². The van der Waals surface area contributed by atoms with Gasteiger partial charge in [0.1, 0.15) is 5.69 Å². The van der Waals surface area contributed by atoms with E-state index in [0.29, 0.717) is 12.2 Å². The number of amides is 1. The summed E-state index contributed by atoms with van der Waals surface area (Å²) in [5.74, 6) is 0.0757. The van der Waals surface area contributed by atoms with E-state index < -0.39 is 0 Å². The van der Waals surface area contributed by atoms with E-state index in [9.17, 15) is 4.79 Å². The Hall–Kier alpha value is -1.85. The van der Waals surface area contributed by atoms with Crippen LogP contribution in [0.2, 0.25) is 5.02 Å². The SMILES string of the molecule is CCn1nccc1C(=O)N1CCN(Cc2cccc(Cl)c2)CC1. The summed E-state index contributed by atoms with van der Waals surface area (Å²) in [5, 5.41) is 4.94. The Balaban J connectivity index is 1.57. The van der Waals surface area contributed by atoms with E-state index in [1.165, 1.54) is 5.56 Å². The average molecular weight is 333 g/mol. The first-order valence-corrected chi connectivity index (χ1v) is 8.33. The van der Waals surface area contributed by atoms with Gasteiger partial charge < -0.3 is 4.90 Å². The van der Waals surface area contributed by atoms with E-state index in [1.807, 2.05) is 30.0 Å². The van der Waals surface area contributed by atoms with Crippen LogP contribution in [0.1, 0.15) is 23.0 Å². The van der Waals surface area contributed by atoms with Crippen LogP contribution in [0.3, 0.4) is 0 Å². The smallest absolute Gasteiger partial charge is 0.272 e. The zero-order valence-electron chi connectivity index (χ0n) is 13.3. The van der Waals surface area contributed by atoms with Crippen molar-refractivity contribution in [1.82, 2.24) is 19.6 Å². The molecular weight excluding hydrogens is 312 g/mol. The van der Waals surface area contributed by atoms with E-state index in [4.69, 9.17) is 11.6 Å². The van der Waals surface area contributed by atoms with Crippen molar-refractivity contribution in [3.63, 3.8) is 0 Å². The number of benzene rings is 1. The molecule has 0 N–H and O–H groups in total. The van der Waals surface area contributed by atoms with E-state index in [2.05, 4.69) is 16.1 Å². The van der Waals surface area contributed by atoms with Gasteiger partial charge in [-0.1, -0.05) is 23.7 Å². The molecule has 1 saturated heterocycles. The number of rotatable bonds is 4. The summed E-state index contributed by atoms with van der Waals surface area (Å²) >= 11 is 6.03. The van der Waals surface area contributed by atoms with Gasteiger partial charge in [0, 0.05) is 50.5 Å². The second-order valence-electron chi connectivity index (χ2n) is 5.73. The molecule has 3 rings (SSSR count). The molecule has 1 aromatic carbocycles. The first-order valence-electron chi connectivity index (χ1n) is 7.95. The van der Waals surface area contributed by atoms with Gasteiger partial charge in [-0.3, -0.25) is 14.4 Å². The van der Waals surface area contributed by atoms with Crippen molar-refractivity contribution in [2.24, 2.45) is 0 Å². The summed E-state index contributed by atoms with van der Waals surface area (Å²) in [6.07, 6.45) is 1.69. The van der Waals surface area contributed by atoms with Gasteiger partial charge in [0.2, 0.25) is 0 Å². The maximum absolute atomic E-state index is 12.6. The molecule has 5 nitrogen and oxygen atoms in total. The molecule has 0 saturated carbocycles. The van der Waals surface area contributed by atoms with E-state index in [-0.39, 0.29) is 5.91 Å². The van der Waals surface area contributed by atoms with Gasteiger partial charge in [-0.15, -0.1) is 0 Å². The highest BCUT2D eigenvalue weighted by Crippen LogP contribution is 2.15. The van der Waals surface area contributed by atoms with Crippen LogP contribution in [-0.2, 0) is 13.1 Å². The summed E-state index contributed by atoms with van der Waals surface area (Å²) in [5.41, 5.74) is 1.89. The summed E-state index contributed by atoms with van der Waals surface area (Å²) in [7, 11) is 0. The third-order valence-electron chi connectivity index (χ3n) is 4.19. The van der Waals surface area contributed by atoms with Crippen LogP contribution in [0, 0.1) is 0 Å². The predicted octanol–water partition coefficient (Wildman–Crippen LogP) is 2.51. The van der Waals surface area contributed by atoms with Crippen LogP contribution in [0.15, 0.2) is 36.5 Å². The molecule has 122 valence electrons. The normalized spacial score (nSPS) is 15.8. The van der Waals surface area contributed by atoms with Gasteiger partial charge in [-0.2, -0.15) is 5.10 Å². The zero-order valence-corrected chi connectivity index (χ0v) is 14.0. The number of aryl methyl sites for hydroxylation is 1. The fourth-order valence-corrected chi connectivity index (χ4v) is 3.14. The first-order chi connectivity index (χ1) is 11.2. The van der Waals surface area contributed by atoms with Crippen molar-refractivity contribution in [3.8, 4) is 0 Å². The highest BCUT2D eigenvalue weighted by atomic mass is 35.5. The lowest BCUT2D eigenvalue weighted by atomic mass is 10.2. The maximum atomic E-state index is 12.6. The maximum Gasteiger partial charge on any atom is 0.272 e. The zero-order chi connectivity index (χ0) is 16.2. The number of aromatic nitrogens is 2. The van der Waals surface area contributed by atoms with Crippen molar-refractivity contribution in [2.75, 3.05) is 26.2 Å². The topological polar surface area (TPSA) is 41.4 Å². The molecule has 1 aliphatic rings. The molecule has 0 spiro atoms. The summed E-state index contributed by atoms with van der Waals surface area (Å²) in [6.45, 7) is 6.81. The fourth-order valence-electron chi connectivity index (χ4n) is 2.93. The summed E-state index contributed by atoms with van der Waals surface area (Å²) in [6, 6.07) is 9.74. The Bertz CT molecular complexity index is 677. The number of halogens is 1. The number of carbonyl (C=O) groups is 1. The number of nitrogens with zero attached hydrogens (tertiary/aromatic N) is 4. The first kappa shape index (κ1) is 16.0. The Kier molecular flexibility index (Phi) is 4.98. The predicted molar refractivity (Wildman–Crippen MR) is 90.5 cm³/mol. The van der Waals surface area contributed by atoms with Crippen molar-refractivity contribution in [2.45, 2.75) is 20.0 Å². The molecule has 23 heavy (non-hydrogen) atoms. The Morgan fingerprint density at radius 2 is 2.00 bits per heavy atom. The van der Waals surface area contributed by atoms with E-state index in [0.717, 1.165) is 37.7 Å². The minimum atomic E-state index is 0.0757. The standard InChI is InChI=1S/C17H21ClN4O/c1-2-22-16(6-7-19-22)17(23)21-10-8-20(9-11-21)13-14-4-3-5-15(18)12-14/h3-7,12H,2,8-11,13H2,1H3. The quantitative estimate of drug-likeness (QED) is 0.864. The van der Waals surface area contributed by atoms with Gasteiger partial charge in [-0.25, -0.2) is 0 Å². The molecule has 1 amide bonds. The average Bonchev–Trinajstić information content (AvgIpc) is 3.03. The van der Waals surface area contributed by atoms with Gasteiger partial charge in [0.25, 0.3) is 5.91 Å². The molecular formula is C17H21ClN4O. The molecule has 2 heterocycles.